The molecule has 1 unspecified atom stereocenters. The summed E-state index contributed by atoms with van der Waals surface area (Å²) in [6, 6.07) is 0.507. The highest BCUT2D eigenvalue weighted by molar-refractivity contribution is 4.72. The van der Waals surface area contributed by atoms with Crippen LogP contribution < -0.4 is 0 Å². The molecule has 2 nitrogen and oxygen atoms in total. The van der Waals surface area contributed by atoms with Crippen molar-refractivity contribution in [2.45, 2.75) is 26.0 Å². The molecule has 0 saturated carbocycles. The molecule has 0 bridgehead atoms. The van der Waals surface area contributed by atoms with Crippen molar-refractivity contribution >= 4 is 0 Å². The second-order valence-corrected chi connectivity index (χ2v) is 3.24. The number of nitrogens with zero attached hydrogens (tertiary/aromatic N) is 1. The van der Waals surface area contributed by atoms with E-state index in [-0.39, 0.29) is 12.8 Å². The molecule has 66 valence electrons. The molecular weight excluding hydrogens is 145 g/mol. The molecule has 0 aromatic carbocycles. The van der Waals surface area contributed by atoms with Crippen LogP contribution in [0.5, 0.6) is 0 Å². The predicted octanol–water partition coefficient (Wildman–Crippen LogP) is 1.07. The minimum Gasteiger partial charge on any atom is -0.373 e. The van der Waals surface area contributed by atoms with Crippen LogP contribution in [0, 0.1) is 0 Å². The summed E-state index contributed by atoms with van der Waals surface area (Å²) in [6.07, 6.45) is -0.189. The lowest BCUT2D eigenvalue weighted by Gasteiger charge is -2.34. The van der Waals surface area contributed by atoms with Gasteiger partial charge >= 0.3 is 0 Å². The van der Waals surface area contributed by atoms with Gasteiger partial charge in [-0.1, -0.05) is 0 Å². The normalized spacial score (nSPS) is 27.8. The molecule has 1 saturated heterocycles. The average Bonchev–Trinajstić information content (AvgIpc) is 2.05. The number of morpholine rings is 1. The van der Waals surface area contributed by atoms with Crippen molar-refractivity contribution in [3.8, 4) is 0 Å². The van der Waals surface area contributed by atoms with Crippen molar-refractivity contribution in [3.63, 3.8) is 0 Å². The lowest BCUT2D eigenvalue weighted by atomic mass is 10.2. The van der Waals surface area contributed by atoms with Gasteiger partial charge in [-0.05, 0) is 13.8 Å². The molecular formula is C8H16FNO. The van der Waals surface area contributed by atoms with E-state index < -0.39 is 0 Å². The molecule has 1 rings (SSSR count). The average molecular weight is 161 g/mol. The standard InChI is InChI=1S/C8H16FNO/c1-7(2)10-3-4-11-8(5-9)6-10/h7-8H,3-6H2,1-2H3. The van der Waals surface area contributed by atoms with Crippen molar-refractivity contribution in [3.05, 3.63) is 0 Å². The van der Waals surface area contributed by atoms with Crippen LogP contribution in [-0.4, -0.2) is 43.4 Å². The molecule has 1 aliphatic heterocycles. The Morgan fingerprint density at radius 1 is 1.64 bits per heavy atom. The van der Waals surface area contributed by atoms with E-state index in [9.17, 15) is 4.39 Å². The van der Waals surface area contributed by atoms with Crippen LogP contribution in [-0.2, 0) is 4.74 Å². The summed E-state index contributed by atoms with van der Waals surface area (Å²) in [7, 11) is 0. The monoisotopic (exact) mass is 161 g/mol. The molecule has 1 fully saturated rings. The smallest absolute Gasteiger partial charge is 0.117 e. The number of hydrogen-bond acceptors (Lipinski definition) is 2. The Hall–Kier alpha value is -0.150. The highest BCUT2D eigenvalue weighted by Crippen LogP contribution is 2.08. The predicted molar refractivity (Wildman–Crippen MR) is 42.4 cm³/mol. The van der Waals surface area contributed by atoms with E-state index in [2.05, 4.69) is 18.7 Å². The SMILES string of the molecule is CC(C)N1CCOC(CF)C1. The van der Waals surface area contributed by atoms with Gasteiger partial charge in [0.1, 0.15) is 6.67 Å². The summed E-state index contributed by atoms with van der Waals surface area (Å²) >= 11 is 0. The number of rotatable bonds is 2. The molecule has 1 aliphatic rings. The van der Waals surface area contributed by atoms with Crippen LogP contribution in [0.1, 0.15) is 13.8 Å². The third-order valence-electron chi connectivity index (χ3n) is 2.07. The summed E-state index contributed by atoms with van der Waals surface area (Å²) in [6.45, 7) is 6.25. The molecule has 0 radical (unpaired) electrons. The van der Waals surface area contributed by atoms with Crippen LogP contribution in [0.2, 0.25) is 0 Å². The molecule has 0 spiro atoms. The molecule has 1 heterocycles. The van der Waals surface area contributed by atoms with E-state index in [4.69, 9.17) is 4.74 Å². The first-order valence-electron chi connectivity index (χ1n) is 4.15. The zero-order valence-electron chi connectivity index (χ0n) is 7.22. The van der Waals surface area contributed by atoms with Crippen molar-refractivity contribution in [2.24, 2.45) is 0 Å². The highest BCUT2D eigenvalue weighted by Gasteiger charge is 2.21. The van der Waals surface area contributed by atoms with Gasteiger partial charge in [0.2, 0.25) is 0 Å². The quantitative estimate of drug-likeness (QED) is 0.600. The maximum atomic E-state index is 12.2. The van der Waals surface area contributed by atoms with Gasteiger partial charge in [-0.15, -0.1) is 0 Å². The molecule has 11 heavy (non-hydrogen) atoms. The third kappa shape index (κ3) is 2.42. The molecule has 0 N–H and O–H groups in total. The fourth-order valence-corrected chi connectivity index (χ4v) is 1.30. The second-order valence-electron chi connectivity index (χ2n) is 3.24. The third-order valence-corrected chi connectivity index (χ3v) is 2.07. The number of halogens is 1. The lowest BCUT2D eigenvalue weighted by Crippen LogP contribution is -2.46. The van der Waals surface area contributed by atoms with Crippen LogP contribution in [0.4, 0.5) is 4.39 Å². The van der Waals surface area contributed by atoms with Crippen LogP contribution in [0.15, 0.2) is 0 Å². The van der Waals surface area contributed by atoms with Crippen molar-refractivity contribution in [1.29, 1.82) is 0 Å². The Balaban J connectivity index is 2.33. The van der Waals surface area contributed by atoms with E-state index in [1.807, 2.05) is 0 Å². The molecule has 1 atom stereocenters. The minimum absolute atomic E-state index is 0.189. The first-order valence-corrected chi connectivity index (χ1v) is 4.15. The van der Waals surface area contributed by atoms with Gasteiger partial charge in [0.15, 0.2) is 0 Å². The number of alkyl halides is 1. The zero-order valence-corrected chi connectivity index (χ0v) is 7.22. The number of hydrogen-bond donors (Lipinski definition) is 0. The van der Waals surface area contributed by atoms with E-state index in [0.29, 0.717) is 12.6 Å². The summed E-state index contributed by atoms with van der Waals surface area (Å²) in [5.41, 5.74) is 0. The first kappa shape index (κ1) is 8.94. The Bertz CT molecular complexity index is 119. The molecule has 0 aromatic rings. The zero-order chi connectivity index (χ0) is 8.27. The first-order chi connectivity index (χ1) is 5.24. The topological polar surface area (TPSA) is 12.5 Å². The summed E-state index contributed by atoms with van der Waals surface area (Å²) in [4.78, 5) is 2.24. The maximum Gasteiger partial charge on any atom is 0.117 e. The Morgan fingerprint density at radius 2 is 2.36 bits per heavy atom. The molecule has 3 heteroatoms. The second kappa shape index (κ2) is 4.02. The van der Waals surface area contributed by atoms with Crippen molar-refractivity contribution in [1.82, 2.24) is 4.90 Å². The van der Waals surface area contributed by atoms with Gasteiger partial charge in [0.05, 0.1) is 12.7 Å². The molecule has 0 amide bonds. The lowest BCUT2D eigenvalue weighted by molar-refractivity contribution is -0.0478. The van der Waals surface area contributed by atoms with Gasteiger partial charge in [0, 0.05) is 19.1 Å². The largest absolute Gasteiger partial charge is 0.373 e. The van der Waals surface area contributed by atoms with Gasteiger partial charge in [-0.2, -0.15) is 0 Å². The van der Waals surface area contributed by atoms with Crippen LogP contribution >= 0.6 is 0 Å². The van der Waals surface area contributed by atoms with Crippen LogP contribution in [0.25, 0.3) is 0 Å². The van der Waals surface area contributed by atoms with Crippen molar-refractivity contribution in [2.75, 3.05) is 26.4 Å². The summed E-state index contributed by atoms with van der Waals surface area (Å²) in [5, 5.41) is 0. The van der Waals surface area contributed by atoms with Crippen LogP contribution in [0.3, 0.4) is 0 Å². The maximum absolute atomic E-state index is 12.2. The summed E-state index contributed by atoms with van der Waals surface area (Å²) < 4.78 is 17.4. The van der Waals surface area contributed by atoms with E-state index in [0.717, 1.165) is 13.1 Å². The van der Waals surface area contributed by atoms with Gasteiger partial charge < -0.3 is 4.74 Å². The Morgan fingerprint density at radius 3 is 2.91 bits per heavy atom. The Kier molecular flexibility index (Phi) is 3.27. The summed E-state index contributed by atoms with van der Waals surface area (Å²) in [5.74, 6) is 0. The molecule has 0 aliphatic carbocycles. The van der Waals surface area contributed by atoms with E-state index in [1.165, 1.54) is 0 Å². The highest BCUT2D eigenvalue weighted by atomic mass is 19.1. The minimum atomic E-state index is -0.358. The fourth-order valence-electron chi connectivity index (χ4n) is 1.30. The van der Waals surface area contributed by atoms with Gasteiger partial charge in [-0.25, -0.2) is 4.39 Å². The van der Waals surface area contributed by atoms with Gasteiger partial charge in [0.25, 0.3) is 0 Å². The number of ether oxygens (including phenoxy) is 1. The fraction of sp³-hybridized carbons (Fsp3) is 1.00. The van der Waals surface area contributed by atoms with E-state index in [1.54, 1.807) is 0 Å². The van der Waals surface area contributed by atoms with Gasteiger partial charge in [-0.3, -0.25) is 4.90 Å². The van der Waals surface area contributed by atoms with E-state index >= 15 is 0 Å². The van der Waals surface area contributed by atoms with Crippen molar-refractivity contribution < 1.29 is 9.13 Å². The Labute approximate surface area is 67.3 Å². The molecule has 0 aromatic heterocycles.